The summed E-state index contributed by atoms with van der Waals surface area (Å²) in [6.07, 6.45) is 5.79. The normalized spacial score (nSPS) is 15.8. The molecule has 1 N–H and O–H groups in total. The van der Waals surface area contributed by atoms with E-state index in [9.17, 15) is 0 Å². The Morgan fingerprint density at radius 1 is 1.28 bits per heavy atom. The predicted molar refractivity (Wildman–Crippen MR) is 111 cm³/mol. The molecule has 0 saturated carbocycles. The fourth-order valence-electron chi connectivity index (χ4n) is 3.07. The monoisotopic (exact) mass is 454 g/mol. The quantitative estimate of drug-likeness (QED) is 0.439. The molecule has 1 aromatic heterocycles. The molecule has 7 heteroatoms. The second kappa shape index (κ2) is 9.74. The van der Waals surface area contributed by atoms with E-state index in [4.69, 9.17) is 0 Å². The topological polar surface area (TPSA) is 58.3 Å². The van der Waals surface area contributed by atoms with Gasteiger partial charge >= 0.3 is 0 Å². The summed E-state index contributed by atoms with van der Waals surface area (Å²) in [5.41, 5.74) is 2.47. The van der Waals surface area contributed by atoms with E-state index >= 15 is 0 Å². The first-order valence-corrected chi connectivity index (χ1v) is 8.60. The lowest BCUT2D eigenvalue weighted by atomic mass is 9.99. The first kappa shape index (κ1) is 19.7. The molecule has 0 amide bonds. The molecule has 0 aliphatic carbocycles. The summed E-state index contributed by atoms with van der Waals surface area (Å²) in [6.45, 7) is 6.03. The molecule has 0 radical (unpaired) electrons. The Labute approximate surface area is 166 Å². The van der Waals surface area contributed by atoms with Crippen LogP contribution in [0.5, 0.6) is 0 Å². The summed E-state index contributed by atoms with van der Waals surface area (Å²) in [5.74, 6) is 1.83. The third kappa shape index (κ3) is 5.69. The molecule has 2 aromatic rings. The van der Waals surface area contributed by atoms with Crippen LogP contribution in [-0.2, 0) is 13.1 Å². The van der Waals surface area contributed by atoms with Crippen LogP contribution in [0, 0.1) is 5.92 Å². The standard InChI is InChI=1S/C18H26N6.HI/c1-15-6-8-23(9-7-15)18(19-2)21-11-16-4-3-5-17(10-16)12-24-14-20-13-22-24;/h3-5,10,13-15H,6-9,11-12H2,1-2H3,(H,19,21);1H. The molecule has 1 aromatic carbocycles. The Morgan fingerprint density at radius 2 is 2.04 bits per heavy atom. The van der Waals surface area contributed by atoms with Gasteiger partial charge in [-0.25, -0.2) is 9.67 Å². The van der Waals surface area contributed by atoms with Gasteiger partial charge in [0.2, 0.25) is 0 Å². The maximum absolute atomic E-state index is 4.44. The highest BCUT2D eigenvalue weighted by atomic mass is 127. The molecule has 136 valence electrons. The zero-order chi connectivity index (χ0) is 16.8. The van der Waals surface area contributed by atoms with Crippen LogP contribution in [-0.4, -0.2) is 45.8 Å². The van der Waals surface area contributed by atoms with Crippen LogP contribution in [0.15, 0.2) is 41.9 Å². The van der Waals surface area contributed by atoms with Crippen molar-refractivity contribution in [2.24, 2.45) is 10.9 Å². The number of guanidine groups is 1. The third-order valence-corrected chi connectivity index (χ3v) is 4.55. The molecule has 1 saturated heterocycles. The summed E-state index contributed by atoms with van der Waals surface area (Å²) in [5, 5.41) is 7.66. The number of likely N-dealkylation sites (tertiary alicyclic amines) is 1. The first-order valence-electron chi connectivity index (χ1n) is 8.60. The fourth-order valence-corrected chi connectivity index (χ4v) is 3.07. The van der Waals surface area contributed by atoms with Crippen LogP contribution in [0.4, 0.5) is 0 Å². The average Bonchev–Trinajstić information content (AvgIpc) is 3.10. The molecule has 6 nitrogen and oxygen atoms in total. The van der Waals surface area contributed by atoms with Gasteiger partial charge in [-0.3, -0.25) is 4.99 Å². The van der Waals surface area contributed by atoms with Crippen LogP contribution in [0.25, 0.3) is 0 Å². The van der Waals surface area contributed by atoms with E-state index in [1.54, 1.807) is 12.7 Å². The number of hydrogen-bond donors (Lipinski definition) is 1. The van der Waals surface area contributed by atoms with Crippen LogP contribution in [0.3, 0.4) is 0 Å². The van der Waals surface area contributed by atoms with E-state index in [1.165, 1.54) is 24.0 Å². The van der Waals surface area contributed by atoms with Crippen molar-refractivity contribution in [2.75, 3.05) is 20.1 Å². The van der Waals surface area contributed by atoms with Gasteiger partial charge < -0.3 is 10.2 Å². The highest BCUT2D eigenvalue weighted by Gasteiger charge is 2.18. The number of nitrogens with zero attached hydrogens (tertiary/aromatic N) is 5. The van der Waals surface area contributed by atoms with Gasteiger partial charge in [0.25, 0.3) is 0 Å². The molecular formula is C18H27IN6. The minimum absolute atomic E-state index is 0. The molecule has 2 heterocycles. The highest BCUT2D eigenvalue weighted by molar-refractivity contribution is 14.0. The number of aliphatic imine (C=N–C) groups is 1. The van der Waals surface area contributed by atoms with Crippen molar-refractivity contribution in [3.05, 3.63) is 48.0 Å². The minimum Gasteiger partial charge on any atom is -0.352 e. The number of nitrogens with one attached hydrogen (secondary N) is 1. The Kier molecular flexibility index (Phi) is 7.67. The van der Waals surface area contributed by atoms with Crippen molar-refractivity contribution in [1.29, 1.82) is 0 Å². The van der Waals surface area contributed by atoms with Gasteiger partial charge in [0, 0.05) is 26.7 Å². The van der Waals surface area contributed by atoms with Gasteiger partial charge in [-0.05, 0) is 29.9 Å². The van der Waals surface area contributed by atoms with Gasteiger partial charge in [-0.1, -0.05) is 31.2 Å². The van der Waals surface area contributed by atoms with Crippen LogP contribution in [0.2, 0.25) is 0 Å². The Morgan fingerprint density at radius 3 is 2.72 bits per heavy atom. The Hall–Kier alpha value is -1.64. The third-order valence-electron chi connectivity index (χ3n) is 4.55. The van der Waals surface area contributed by atoms with Crippen LogP contribution in [0.1, 0.15) is 30.9 Å². The first-order chi connectivity index (χ1) is 11.7. The zero-order valence-corrected chi connectivity index (χ0v) is 17.3. The van der Waals surface area contributed by atoms with Gasteiger partial charge in [-0.2, -0.15) is 5.10 Å². The van der Waals surface area contributed by atoms with Gasteiger partial charge in [0.1, 0.15) is 12.7 Å². The Balaban J connectivity index is 0.00000225. The lowest BCUT2D eigenvalue weighted by Crippen LogP contribution is -2.45. The molecule has 0 unspecified atom stereocenters. The molecule has 3 rings (SSSR count). The number of benzene rings is 1. The Bertz CT molecular complexity index is 662. The van der Waals surface area contributed by atoms with Crippen molar-refractivity contribution in [2.45, 2.75) is 32.9 Å². The predicted octanol–water partition coefficient (Wildman–Crippen LogP) is 2.75. The highest BCUT2D eigenvalue weighted by Crippen LogP contribution is 2.16. The molecular weight excluding hydrogens is 427 g/mol. The second-order valence-electron chi connectivity index (χ2n) is 6.48. The van der Waals surface area contributed by atoms with E-state index in [-0.39, 0.29) is 24.0 Å². The number of halogens is 1. The SMILES string of the molecule is CN=C(NCc1cccc(Cn2cncn2)c1)N1CCC(C)CC1.I. The number of piperidine rings is 1. The molecule has 1 fully saturated rings. The summed E-state index contributed by atoms with van der Waals surface area (Å²) in [7, 11) is 1.86. The van der Waals surface area contributed by atoms with E-state index in [1.807, 2.05) is 11.7 Å². The van der Waals surface area contributed by atoms with Crippen molar-refractivity contribution in [1.82, 2.24) is 25.0 Å². The maximum Gasteiger partial charge on any atom is 0.193 e. The van der Waals surface area contributed by atoms with E-state index < -0.39 is 0 Å². The number of rotatable bonds is 4. The van der Waals surface area contributed by atoms with Crippen LogP contribution < -0.4 is 5.32 Å². The lowest BCUT2D eigenvalue weighted by molar-refractivity contribution is 0.273. The molecule has 1 aliphatic rings. The summed E-state index contributed by atoms with van der Waals surface area (Å²) in [6, 6.07) is 8.56. The van der Waals surface area contributed by atoms with Gasteiger partial charge in [0.05, 0.1) is 6.54 Å². The number of hydrogen-bond acceptors (Lipinski definition) is 3. The lowest BCUT2D eigenvalue weighted by Gasteiger charge is -2.33. The maximum atomic E-state index is 4.44. The summed E-state index contributed by atoms with van der Waals surface area (Å²) < 4.78 is 1.83. The van der Waals surface area contributed by atoms with E-state index in [0.29, 0.717) is 0 Å². The average molecular weight is 454 g/mol. The molecule has 0 spiro atoms. The largest absolute Gasteiger partial charge is 0.352 e. The van der Waals surface area contributed by atoms with Crippen molar-refractivity contribution in [3.8, 4) is 0 Å². The van der Waals surface area contributed by atoms with E-state index in [0.717, 1.165) is 38.1 Å². The summed E-state index contributed by atoms with van der Waals surface area (Å²) in [4.78, 5) is 10.8. The van der Waals surface area contributed by atoms with Crippen molar-refractivity contribution >= 4 is 29.9 Å². The van der Waals surface area contributed by atoms with Gasteiger partial charge in [-0.15, -0.1) is 24.0 Å². The fraction of sp³-hybridized carbons (Fsp3) is 0.500. The van der Waals surface area contributed by atoms with Crippen molar-refractivity contribution < 1.29 is 0 Å². The van der Waals surface area contributed by atoms with Crippen LogP contribution >= 0.6 is 24.0 Å². The van der Waals surface area contributed by atoms with Gasteiger partial charge in [0.15, 0.2) is 5.96 Å². The molecule has 25 heavy (non-hydrogen) atoms. The molecule has 0 bridgehead atoms. The minimum atomic E-state index is 0. The smallest absolute Gasteiger partial charge is 0.193 e. The zero-order valence-electron chi connectivity index (χ0n) is 14.9. The summed E-state index contributed by atoms with van der Waals surface area (Å²) >= 11 is 0. The molecule has 1 aliphatic heterocycles. The molecule has 0 atom stereocenters. The van der Waals surface area contributed by atoms with Crippen molar-refractivity contribution in [3.63, 3.8) is 0 Å². The number of aromatic nitrogens is 3. The second-order valence-corrected chi connectivity index (χ2v) is 6.48. The van der Waals surface area contributed by atoms with E-state index in [2.05, 4.69) is 56.5 Å².